The first-order valence-corrected chi connectivity index (χ1v) is 5.10. The molecule has 1 heteroatoms. The number of rotatable bonds is 8. The standard InChI is InChI=1S/C12H20O/c1-3-5-6-7-8-9-10-11-12(13)4-2/h3,5-6H,1,4,7-11H2,2H3/b6-5-. The van der Waals surface area contributed by atoms with Crippen LogP contribution in [0.5, 0.6) is 0 Å². The van der Waals surface area contributed by atoms with E-state index >= 15 is 0 Å². The molecule has 0 aromatic heterocycles. The summed E-state index contributed by atoms with van der Waals surface area (Å²) in [7, 11) is 0. The van der Waals surface area contributed by atoms with Gasteiger partial charge in [-0.1, -0.05) is 38.2 Å². The van der Waals surface area contributed by atoms with Gasteiger partial charge in [-0.25, -0.2) is 0 Å². The Morgan fingerprint density at radius 3 is 2.69 bits per heavy atom. The molecule has 1 nitrogen and oxygen atoms in total. The average molecular weight is 180 g/mol. The molecular formula is C12H20O. The van der Waals surface area contributed by atoms with Gasteiger partial charge in [0.05, 0.1) is 0 Å². The minimum atomic E-state index is 0.390. The normalized spacial score (nSPS) is 10.5. The molecule has 0 rings (SSSR count). The first-order valence-electron chi connectivity index (χ1n) is 5.10. The maximum absolute atomic E-state index is 10.9. The zero-order valence-electron chi connectivity index (χ0n) is 8.59. The molecule has 13 heavy (non-hydrogen) atoms. The number of hydrogen-bond donors (Lipinski definition) is 0. The van der Waals surface area contributed by atoms with Crippen molar-refractivity contribution < 1.29 is 4.79 Å². The smallest absolute Gasteiger partial charge is 0.132 e. The fourth-order valence-electron chi connectivity index (χ4n) is 1.13. The Morgan fingerprint density at radius 1 is 1.31 bits per heavy atom. The Hall–Kier alpha value is -0.850. The summed E-state index contributed by atoms with van der Waals surface area (Å²) in [5.41, 5.74) is 0. The van der Waals surface area contributed by atoms with Crippen LogP contribution < -0.4 is 0 Å². The van der Waals surface area contributed by atoms with Gasteiger partial charge in [0, 0.05) is 12.8 Å². The fourth-order valence-corrected chi connectivity index (χ4v) is 1.13. The third-order valence-corrected chi connectivity index (χ3v) is 1.99. The number of allylic oxidation sites excluding steroid dienone is 3. The van der Waals surface area contributed by atoms with Gasteiger partial charge in [0.2, 0.25) is 0 Å². The van der Waals surface area contributed by atoms with Crippen LogP contribution in [-0.4, -0.2) is 5.78 Å². The second-order valence-electron chi connectivity index (χ2n) is 3.16. The molecule has 0 saturated heterocycles. The summed E-state index contributed by atoms with van der Waals surface area (Å²) in [5, 5.41) is 0. The van der Waals surface area contributed by atoms with Crippen LogP contribution in [0, 0.1) is 0 Å². The molecule has 0 aliphatic heterocycles. The number of carbonyl (C=O) groups excluding carboxylic acids is 1. The second-order valence-corrected chi connectivity index (χ2v) is 3.16. The summed E-state index contributed by atoms with van der Waals surface area (Å²) in [6, 6.07) is 0. The summed E-state index contributed by atoms with van der Waals surface area (Å²) >= 11 is 0. The van der Waals surface area contributed by atoms with Crippen LogP contribution in [0.2, 0.25) is 0 Å². The maximum atomic E-state index is 10.9. The first-order chi connectivity index (χ1) is 6.31. The van der Waals surface area contributed by atoms with Crippen molar-refractivity contribution in [2.45, 2.75) is 45.4 Å². The van der Waals surface area contributed by atoms with Crippen molar-refractivity contribution in [2.75, 3.05) is 0 Å². The van der Waals surface area contributed by atoms with Gasteiger partial charge in [-0.15, -0.1) is 0 Å². The molecule has 0 aromatic rings. The number of hydrogen-bond acceptors (Lipinski definition) is 1. The lowest BCUT2D eigenvalue weighted by Gasteiger charge is -1.96. The highest BCUT2D eigenvalue weighted by atomic mass is 16.1. The molecule has 0 aliphatic rings. The van der Waals surface area contributed by atoms with Crippen molar-refractivity contribution in [3.63, 3.8) is 0 Å². The van der Waals surface area contributed by atoms with Crippen LogP contribution in [0.4, 0.5) is 0 Å². The van der Waals surface area contributed by atoms with Gasteiger partial charge in [0.15, 0.2) is 0 Å². The average Bonchev–Trinajstić information content (AvgIpc) is 2.16. The molecule has 0 N–H and O–H groups in total. The van der Waals surface area contributed by atoms with E-state index in [4.69, 9.17) is 0 Å². The van der Waals surface area contributed by atoms with E-state index in [1.165, 1.54) is 6.42 Å². The summed E-state index contributed by atoms with van der Waals surface area (Å²) in [5.74, 6) is 0.390. The lowest BCUT2D eigenvalue weighted by atomic mass is 10.1. The summed E-state index contributed by atoms with van der Waals surface area (Å²) in [4.78, 5) is 10.9. The van der Waals surface area contributed by atoms with E-state index in [9.17, 15) is 4.79 Å². The van der Waals surface area contributed by atoms with Gasteiger partial charge in [-0.3, -0.25) is 4.79 Å². The Balaban J connectivity index is 3.12. The van der Waals surface area contributed by atoms with E-state index in [1.54, 1.807) is 6.08 Å². The lowest BCUT2D eigenvalue weighted by molar-refractivity contribution is -0.118. The fraction of sp³-hybridized carbons (Fsp3) is 0.583. The highest BCUT2D eigenvalue weighted by molar-refractivity contribution is 5.77. The van der Waals surface area contributed by atoms with E-state index in [0.717, 1.165) is 25.7 Å². The van der Waals surface area contributed by atoms with Crippen LogP contribution in [0.1, 0.15) is 45.4 Å². The molecule has 0 fully saturated rings. The molecule has 0 amide bonds. The van der Waals surface area contributed by atoms with Gasteiger partial charge in [-0.05, 0) is 19.3 Å². The van der Waals surface area contributed by atoms with Crippen LogP contribution in [0.15, 0.2) is 24.8 Å². The van der Waals surface area contributed by atoms with Gasteiger partial charge >= 0.3 is 0 Å². The van der Waals surface area contributed by atoms with E-state index in [0.29, 0.717) is 12.2 Å². The molecule has 0 unspecified atom stereocenters. The van der Waals surface area contributed by atoms with Crippen LogP contribution >= 0.6 is 0 Å². The van der Waals surface area contributed by atoms with E-state index in [1.807, 2.05) is 13.0 Å². The molecule has 0 saturated carbocycles. The Bertz CT molecular complexity index is 168. The first kappa shape index (κ1) is 12.2. The number of ketones is 1. The number of carbonyl (C=O) groups is 1. The summed E-state index contributed by atoms with van der Waals surface area (Å²) in [6.07, 6.45) is 11.8. The molecule has 0 atom stereocenters. The Kier molecular flexibility index (Phi) is 8.64. The highest BCUT2D eigenvalue weighted by Crippen LogP contribution is 2.05. The van der Waals surface area contributed by atoms with Crippen molar-refractivity contribution in [3.8, 4) is 0 Å². The number of Topliss-reactive ketones (excluding diaryl/α,β-unsaturated/α-hetero) is 1. The zero-order chi connectivity index (χ0) is 9.94. The van der Waals surface area contributed by atoms with Gasteiger partial charge in [-0.2, -0.15) is 0 Å². The molecule has 0 heterocycles. The third kappa shape index (κ3) is 9.06. The quantitative estimate of drug-likeness (QED) is 0.411. The largest absolute Gasteiger partial charge is 0.300 e. The van der Waals surface area contributed by atoms with E-state index in [-0.39, 0.29) is 0 Å². The Labute approximate surface area is 81.5 Å². The molecule has 0 radical (unpaired) electrons. The Morgan fingerprint density at radius 2 is 2.08 bits per heavy atom. The molecule has 0 aromatic carbocycles. The highest BCUT2D eigenvalue weighted by Gasteiger charge is 1.96. The minimum Gasteiger partial charge on any atom is -0.300 e. The number of unbranched alkanes of at least 4 members (excludes halogenated alkanes) is 3. The van der Waals surface area contributed by atoms with Crippen molar-refractivity contribution >= 4 is 5.78 Å². The van der Waals surface area contributed by atoms with E-state index < -0.39 is 0 Å². The minimum absolute atomic E-state index is 0.390. The van der Waals surface area contributed by atoms with Crippen molar-refractivity contribution in [1.29, 1.82) is 0 Å². The topological polar surface area (TPSA) is 17.1 Å². The summed E-state index contributed by atoms with van der Waals surface area (Å²) in [6.45, 7) is 5.52. The molecular weight excluding hydrogens is 160 g/mol. The molecule has 74 valence electrons. The molecule has 0 bridgehead atoms. The zero-order valence-corrected chi connectivity index (χ0v) is 8.59. The van der Waals surface area contributed by atoms with Crippen LogP contribution in [0.25, 0.3) is 0 Å². The summed E-state index contributed by atoms with van der Waals surface area (Å²) < 4.78 is 0. The van der Waals surface area contributed by atoms with Gasteiger partial charge in [0.1, 0.15) is 5.78 Å². The van der Waals surface area contributed by atoms with Crippen LogP contribution in [-0.2, 0) is 4.79 Å². The molecule has 0 spiro atoms. The molecule has 0 aliphatic carbocycles. The van der Waals surface area contributed by atoms with Gasteiger partial charge < -0.3 is 0 Å². The predicted molar refractivity (Wildman–Crippen MR) is 57.7 cm³/mol. The second kappa shape index (κ2) is 9.24. The van der Waals surface area contributed by atoms with Crippen molar-refractivity contribution in [2.24, 2.45) is 0 Å². The van der Waals surface area contributed by atoms with Crippen LogP contribution in [0.3, 0.4) is 0 Å². The monoisotopic (exact) mass is 180 g/mol. The van der Waals surface area contributed by atoms with E-state index in [2.05, 4.69) is 12.7 Å². The third-order valence-electron chi connectivity index (χ3n) is 1.99. The lowest BCUT2D eigenvalue weighted by Crippen LogP contribution is -1.93. The SMILES string of the molecule is C=C/C=C\CCCCCC(=O)CC. The maximum Gasteiger partial charge on any atom is 0.132 e. The predicted octanol–water partition coefficient (Wildman–Crippen LogP) is 3.66. The van der Waals surface area contributed by atoms with Crippen molar-refractivity contribution in [1.82, 2.24) is 0 Å². The van der Waals surface area contributed by atoms with Crippen molar-refractivity contribution in [3.05, 3.63) is 24.8 Å². The van der Waals surface area contributed by atoms with Gasteiger partial charge in [0.25, 0.3) is 0 Å².